The summed E-state index contributed by atoms with van der Waals surface area (Å²) < 4.78 is 2.47. The van der Waals surface area contributed by atoms with Gasteiger partial charge in [-0.25, -0.2) is 9.97 Å². The van der Waals surface area contributed by atoms with E-state index in [0.717, 1.165) is 10.0 Å². The summed E-state index contributed by atoms with van der Waals surface area (Å²) in [6.45, 7) is 0.557. The molecule has 0 bridgehead atoms. The van der Waals surface area contributed by atoms with Crippen molar-refractivity contribution in [3.05, 3.63) is 28.6 Å². The maximum atomic E-state index is 5.80. The Morgan fingerprint density at radius 1 is 1.38 bits per heavy atom. The van der Waals surface area contributed by atoms with Gasteiger partial charge in [-0.15, -0.1) is 0 Å². The lowest BCUT2D eigenvalue weighted by Gasteiger charge is -2.03. The SMILES string of the molecule is Cn1ncc(CNc2ncc(Br)cn2)c1N. The normalized spacial score (nSPS) is 10.4. The summed E-state index contributed by atoms with van der Waals surface area (Å²) >= 11 is 3.27. The molecule has 0 radical (unpaired) electrons. The largest absolute Gasteiger partial charge is 0.384 e. The van der Waals surface area contributed by atoms with Crippen LogP contribution in [-0.2, 0) is 13.6 Å². The Kier molecular flexibility index (Phi) is 3.04. The van der Waals surface area contributed by atoms with Crippen molar-refractivity contribution in [3.63, 3.8) is 0 Å². The number of nitrogen functional groups attached to an aromatic ring is 1. The Bertz CT molecular complexity index is 477. The molecular formula is C9H11BrN6. The smallest absolute Gasteiger partial charge is 0.222 e. The summed E-state index contributed by atoms with van der Waals surface area (Å²) in [6.07, 6.45) is 5.09. The molecule has 0 saturated carbocycles. The van der Waals surface area contributed by atoms with Crippen LogP contribution < -0.4 is 11.1 Å². The topological polar surface area (TPSA) is 81.7 Å². The molecule has 0 amide bonds. The molecule has 84 valence electrons. The van der Waals surface area contributed by atoms with E-state index in [1.54, 1.807) is 30.3 Å². The maximum Gasteiger partial charge on any atom is 0.222 e. The monoisotopic (exact) mass is 282 g/mol. The van der Waals surface area contributed by atoms with Crippen LogP contribution in [0.3, 0.4) is 0 Å². The first-order valence-corrected chi connectivity index (χ1v) is 5.44. The van der Waals surface area contributed by atoms with Gasteiger partial charge < -0.3 is 11.1 Å². The van der Waals surface area contributed by atoms with Crippen LogP contribution in [0.1, 0.15) is 5.56 Å². The van der Waals surface area contributed by atoms with Crippen molar-refractivity contribution in [1.29, 1.82) is 0 Å². The van der Waals surface area contributed by atoms with Crippen molar-refractivity contribution in [2.45, 2.75) is 6.54 Å². The van der Waals surface area contributed by atoms with E-state index in [-0.39, 0.29) is 0 Å². The zero-order valence-electron chi connectivity index (χ0n) is 8.68. The summed E-state index contributed by atoms with van der Waals surface area (Å²) in [7, 11) is 1.80. The highest BCUT2D eigenvalue weighted by molar-refractivity contribution is 9.10. The van der Waals surface area contributed by atoms with Crippen LogP contribution in [0.5, 0.6) is 0 Å². The predicted molar refractivity (Wildman–Crippen MR) is 64.7 cm³/mol. The minimum atomic E-state index is 0.557. The van der Waals surface area contributed by atoms with Crippen LogP contribution in [0.15, 0.2) is 23.1 Å². The molecule has 0 aliphatic carbocycles. The van der Waals surface area contributed by atoms with E-state index in [1.807, 2.05) is 0 Å². The van der Waals surface area contributed by atoms with Crippen molar-refractivity contribution in [3.8, 4) is 0 Å². The minimum absolute atomic E-state index is 0.557. The number of rotatable bonds is 3. The Hall–Kier alpha value is -1.63. The molecule has 0 aromatic carbocycles. The van der Waals surface area contributed by atoms with Crippen LogP contribution in [0, 0.1) is 0 Å². The molecule has 0 spiro atoms. The average Bonchev–Trinajstić information content (AvgIpc) is 2.60. The number of nitrogens with zero attached hydrogens (tertiary/aromatic N) is 4. The lowest BCUT2D eigenvalue weighted by Crippen LogP contribution is -2.05. The summed E-state index contributed by atoms with van der Waals surface area (Å²) in [5.41, 5.74) is 6.73. The third-order valence-electron chi connectivity index (χ3n) is 2.12. The molecule has 7 heteroatoms. The van der Waals surface area contributed by atoms with Crippen LogP contribution in [0.25, 0.3) is 0 Å². The Labute approximate surface area is 101 Å². The van der Waals surface area contributed by atoms with Gasteiger partial charge in [0.2, 0.25) is 5.95 Å². The number of hydrogen-bond acceptors (Lipinski definition) is 5. The van der Waals surface area contributed by atoms with Gasteiger partial charge in [-0.2, -0.15) is 5.10 Å². The molecule has 0 aliphatic heterocycles. The molecule has 0 fully saturated rings. The number of aromatic nitrogens is 4. The van der Waals surface area contributed by atoms with Gasteiger partial charge in [0.15, 0.2) is 0 Å². The van der Waals surface area contributed by atoms with Gasteiger partial charge in [0.25, 0.3) is 0 Å². The summed E-state index contributed by atoms with van der Waals surface area (Å²) in [5, 5.41) is 7.11. The van der Waals surface area contributed by atoms with E-state index in [1.165, 1.54) is 0 Å². The van der Waals surface area contributed by atoms with E-state index in [2.05, 4.69) is 36.3 Å². The summed E-state index contributed by atoms with van der Waals surface area (Å²) in [6, 6.07) is 0. The fraction of sp³-hybridized carbons (Fsp3) is 0.222. The summed E-state index contributed by atoms with van der Waals surface area (Å²) in [5.74, 6) is 1.20. The van der Waals surface area contributed by atoms with Crippen LogP contribution in [0.4, 0.5) is 11.8 Å². The van der Waals surface area contributed by atoms with Crippen molar-refractivity contribution in [2.75, 3.05) is 11.1 Å². The third kappa shape index (κ3) is 2.30. The third-order valence-corrected chi connectivity index (χ3v) is 2.53. The van der Waals surface area contributed by atoms with Gasteiger partial charge in [0.1, 0.15) is 5.82 Å². The number of anilines is 2. The fourth-order valence-electron chi connectivity index (χ4n) is 1.21. The lowest BCUT2D eigenvalue weighted by atomic mass is 10.3. The van der Waals surface area contributed by atoms with Crippen molar-refractivity contribution in [1.82, 2.24) is 19.7 Å². The van der Waals surface area contributed by atoms with Gasteiger partial charge in [-0.1, -0.05) is 0 Å². The zero-order valence-corrected chi connectivity index (χ0v) is 10.3. The van der Waals surface area contributed by atoms with Crippen molar-refractivity contribution in [2.24, 2.45) is 7.05 Å². The first-order valence-electron chi connectivity index (χ1n) is 4.64. The standard InChI is InChI=1S/C9H11BrN6/c1-16-8(11)6(3-15-16)2-12-9-13-4-7(10)5-14-9/h3-5H,2,11H2,1H3,(H,12,13,14). The fourth-order valence-corrected chi connectivity index (χ4v) is 1.41. The van der Waals surface area contributed by atoms with Gasteiger partial charge in [0.05, 0.1) is 10.7 Å². The first kappa shape index (κ1) is 10.9. The zero-order chi connectivity index (χ0) is 11.5. The average molecular weight is 283 g/mol. The number of nitrogens with one attached hydrogen (secondary N) is 1. The summed E-state index contributed by atoms with van der Waals surface area (Å²) in [4.78, 5) is 8.19. The van der Waals surface area contributed by atoms with Gasteiger partial charge in [0, 0.05) is 31.5 Å². The minimum Gasteiger partial charge on any atom is -0.384 e. The van der Waals surface area contributed by atoms with Crippen LogP contribution in [0.2, 0.25) is 0 Å². The molecule has 2 rings (SSSR count). The second-order valence-electron chi connectivity index (χ2n) is 3.26. The maximum absolute atomic E-state index is 5.80. The van der Waals surface area contributed by atoms with E-state index in [9.17, 15) is 0 Å². The van der Waals surface area contributed by atoms with E-state index >= 15 is 0 Å². The predicted octanol–water partition coefficient (Wildman–Crippen LogP) is 1.17. The number of nitrogens with two attached hydrogens (primary N) is 1. The molecule has 2 heterocycles. The van der Waals surface area contributed by atoms with Gasteiger partial charge in [-0.3, -0.25) is 4.68 Å². The highest BCUT2D eigenvalue weighted by atomic mass is 79.9. The molecular weight excluding hydrogens is 272 g/mol. The number of halogens is 1. The lowest BCUT2D eigenvalue weighted by molar-refractivity contribution is 0.778. The number of hydrogen-bond donors (Lipinski definition) is 2. The second-order valence-corrected chi connectivity index (χ2v) is 4.17. The van der Waals surface area contributed by atoms with Gasteiger partial charge >= 0.3 is 0 Å². The Morgan fingerprint density at radius 2 is 2.06 bits per heavy atom. The quantitative estimate of drug-likeness (QED) is 0.883. The highest BCUT2D eigenvalue weighted by Gasteiger charge is 2.04. The second kappa shape index (κ2) is 4.48. The molecule has 2 aromatic rings. The van der Waals surface area contributed by atoms with E-state index in [4.69, 9.17) is 5.73 Å². The van der Waals surface area contributed by atoms with Crippen molar-refractivity contribution < 1.29 is 0 Å². The molecule has 2 aromatic heterocycles. The molecule has 0 saturated heterocycles. The number of aryl methyl sites for hydroxylation is 1. The molecule has 0 aliphatic rings. The molecule has 3 N–H and O–H groups in total. The Morgan fingerprint density at radius 3 is 2.62 bits per heavy atom. The Balaban J connectivity index is 2.02. The van der Waals surface area contributed by atoms with Gasteiger partial charge in [-0.05, 0) is 15.9 Å². The molecule has 16 heavy (non-hydrogen) atoms. The van der Waals surface area contributed by atoms with Crippen molar-refractivity contribution >= 4 is 27.7 Å². The molecule has 0 unspecified atom stereocenters. The first-order chi connectivity index (χ1) is 7.66. The molecule has 0 atom stereocenters. The van der Waals surface area contributed by atoms with Crippen LogP contribution in [-0.4, -0.2) is 19.7 Å². The van der Waals surface area contributed by atoms with E-state index < -0.39 is 0 Å². The van der Waals surface area contributed by atoms with E-state index in [0.29, 0.717) is 18.3 Å². The van der Waals surface area contributed by atoms with Crippen LogP contribution >= 0.6 is 15.9 Å². The highest BCUT2D eigenvalue weighted by Crippen LogP contribution is 2.11. The molecule has 6 nitrogen and oxygen atoms in total.